The summed E-state index contributed by atoms with van der Waals surface area (Å²) in [4.78, 5) is 39.2. The minimum Gasteiger partial charge on any atom is -0.496 e. The summed E-state index contributed by atoms with van der Waals surface area (Å²) in [6.07, 6.45) is 2.21. The van der Waals surface area contributed by atoms with Gasteiger partial charge in [-0.25, -0.2) is 4.79 Å². The molecule has 1 aliphatic carbocycles. The molecule has 0 aromatic heterocycles. The number of carbonyl (C=O) groups excluding carboxylic acids is 3. The molecule has 0 bridgehead atoms. The Morgan fingerprint density at radius 2 is 1.93 bits per heavy atom. The van der Waals surface area contributed by atoms with Gasteiger partial charge < -0.3 is 15.4 Å². The van der Waals surface area contributed by atoms with Crippen molar-refractivity contribution in [2.24, 2.45) is 0 Å². The maximum atomic E-state index is 13.2. The number of methoxy groups -OCH3 is 1. The standard InChI is InChI=1S/C22H23N3O4/c1-29-18-11-5-3-8-16(18)13-23-19(26)14-25-20(27)22(24-21(25)28)12-6-9-15-7-2-4-10-17(15)22/h2-5,7-8,10-11H,6,9,12-14H2,1H3,(H,23,26)(H,24,28)/t22-/m0/s1. The van der Waals surface area contributed by atoms with Crippen LogP contribution in [0.25, 0.3) is 0 Å². The molecule has 2 aromatic carbocycles. The van der Waals surface area contributed by atoms with Crippen LogP contribution in [-0.4, -0.2) is 36.4 Å². The second-order valence-corrected chi connectivity index (χ2v) is 7.33. The molecule has 1 fully saturated rings. The zero-order chi connectivity index (χ0) is 20.4. The molecule has 1 aliphatic heterocycles. The lowest BCUT2D eigenvalue weighted by Gasteiger charge is -2.33. The van der Waals surface area contributed by atoms with Crippen molar-refractivity contribution in [3.63, 3.8) is 0 Å². The van der Waals surface area contributed by atoms with Gasteiger partial charge >= 0.3 is 6.03 Å². The van der Waals surface area contributed by atoms with E-state index in [1.54, 1.807) is 7.11 Å². The molecule has 29 heavy (non-hydrogen) atoms. The average Bonchev–Trinajstić information content (AvgIpc) is 2.97. The lowest BCUT2D eigenvalue weighted by molar-refractivity contribution is -0.135. The van der Waals surface area contributed by atoms with Crippen molar-refractivity contribution >= 4 is 17.8 Å². The molecular formula is C22H23N3O4. The van der Waals surface area contributed by atoms with Gasteiger partial charge in [-0.2, -0.15) is 0 Å². The molecule has 4 rings (SSSR count). The van der Waals surface area contributed by atoms with Crippen LogP contribution in [0.2, 0.25) is 0 Å². The van der Waals surface area contributed by atoms with Crippen LogP contribution < -0.4 is 15.4 Å². The lowest BCUT2D eigenvalue weighted by Crippen LogP contribution is -2.47. The van der Waals surface area contributed by atoms with Crippen LogP contribution in [0.5, 0.6) is 5.75 Å². The molecule has 0 saturated carbocycles. The number of ether oxygens (including phenoxy) is 1. The summed E-state index contributed by atoms with van der Waals surface area (Å²) >= 11 is 0. The third kappa shape index (κ3) is 3.33. The molecule has 2 aliphatic rings. The molecule has 0 unspecified atom stereocenters. The van der Waals surface area contributed by atoms with Gasteiger partial charge in [-0.05, 0) is 36.5 Å². The molecule has 7 nitrogen and oxygen atoms in total. The first-order valence-electron chi connectivity index (χ1n) is 9.66. The molecule has 1 saturated heterocycles. The van der Waals surface area contributed by atoms with Crippen LogP contribution in [-0.2, 0) is 28.1 Å². The Morgan fingerprint density at radius 1 is 1.17 bits per heavy atom. The van der Waals surface area contributed by atoms with Crippen molar-refractivity contribution in [2.75, 3.05) is 13.7 Å². The zero-order valence-corrected chi connectivity index (χ0v) is 16.2. The average molecular weight is 393 g/mol. The first-order chi connectivity index (χ1) is 14.0. The maximum Gasteiger partial charge on any atom is 0.325 e. The minimum absolute atomic E-state index is 0.250. The molecule has 150 valence electrons. The number of imide groups is 1. The molecule has 2 N–H and O–H groups in total. The highest BCUT2D eigenvalue weighted by atomic mass is 16.5. The van der Waals surface area contributed by atoms with Crippen LogP contribution in [0.3, 0.4) is 0 Å². The molecular weight excluding hydrogens is 370 g/mol. The summed E-state index contributed by atoms with van der Waals surface area (Å²) in [6, 6.07) is 14.5. The number of amides is 4. The van der Waals surface area contributed by atoms with Crippen molar-refractivity contribution < 1.29 is 19.1 Å². The van der Waals surface area contributed by atoms with Gasteiger partial charge in [0.1, 0.15) is 17.8 Å². The van der Waals surface area contributed by atoms with Crippen molar-refractivity contribution in [3.8, 4) is 5.75 Å². The van der Waals surface area contributed by atoms with Gasteiger partial charge in [0.15, 0.2) is 0 Å². The van der Waals surface area contributed by atoms with Crippen LogP contribution in [0, 0.1) is 0 Å². The Labute approximate surface area is 169 Å². The normalized spacial score (nSPS) is 20.4. The highest BCUT2D eigenvalue weighted by molar-refractivity contribution is 6.09. The predicted molar refractivity (Wildman–Crippen MR) is 106 cm³/mol. The highest BCUT2D eigenvalue weighted by Gasteiger charge is 2.54. The predicted octanol–water partition coefficient (Wildman–Crippen LogP) is 2.09. The Hall–Kier alpha value is -3.35. The van der Waals surface area contributed by atoms with E-state index in [-0.39, 0.29) is 19.0 Å². The smallest absolute Gasteiger partial charge is 0.325 e. The number of urea groups is 1. The number of rotatable bonds is 5. The van der Waals surface area contributed by atoms with Gasteiger partial charge in [0.2, 0.25) is 5.91 Å². The Bertz CT molecular complexity index is 974. The zero-order valence-electron chi connectivity index (χ0n) is 16.2. The summed E-state index contributed by atoms with van der Waals surface area (Å²) in [5.41, 5.74) is 1.66. The molecule has 1 heterocycles. The quantitative estimate of drug-likeness (QED) is 0.762. The van der Waals surface area contributed by atoms with E-state index in [9.17, 15) is 14.4 Å². The van der Waals surface area contributed by atoms with Crippen LogP contribution in [0.15, 0.2) is 48.5 Å². The van der Waals surface area contributed by atoms with E-state index in [0.717, 1.165) is 34.4 Å². The Balaban J connectivity index is 1.47. The number of nitrogens with zero attached hydrogens (tertiary/aromatic N) is 1. The molecule has 4 amide bonds. The fourth-order valence-corrected chi connectivity index (χ4v) is 4.20. The van der Waals surface area contributed by atoms with Crippen molar-refractivity contribution in [3.05, 3.63) is 65.2 Å². The van der Waals surface area contributed by atoms with Crippen molar-refractivity contribution in [2.45, 2.75) is 31.3 Å². The third-order valence-electron chi connectivity index (χ3n) is 5.62. The number of hydrogen-bond acceptors (Lipinski definition) is 4. The van der Waals surface area contributed by atoms with E-state index >= 15 is 0 Å². The van der Waals surface area contributed by atoms with Crippen LogP contribution in [0.4, 0.5) is 4.79 Å². The first-order valence-corrected chi connectivity index (χ1v) is 9.66. The van der Waals surface area contributed by atoms with Gasteiger partial charge in [0.05, 0.1) is 7.11 Å². The lowest BCUT2D eigenvalue weighted by atomic mass is 9.76. The molecule has 7 heteroatoms. The Morgan fingerprint density at radius 3 is 2.76 bits per heavy atom. The fourth-order valence-electron chi connectivity index (χ4n) is 4.20. The van der Waals surface area contributed by atoms with Crippen molar-refractivity contribution in [1.82, 2.24) is 15.5 Å². The van der Waals surface area contributed by atoms with Gasteiger partial charge in [-0.15, -0.1) is 0 Å². The summed E-state index contributed by atoms with van der Waals surface area (Å²) in [5, 5.41) is 5.62. The second-order valence-electron chi connectivity index (χ2n) is 7.33. The summed E-state index contributed by atoms with van der Waals surface area (Å²) < 4.78 is 5.27. The van der Waals surface area contributed by atoms with Crippen LogP contribution >= 0.6 is 0 Å². The largest absolute Gasteiger partial charge is 0.496 e. The molecule has 1 spiro atoms. The number of nitrogens with one attached hydrogen (secondary N) is 2. The molecule has 2 aromatic rings. The van der Waals surface area contributed by atoms with Gasteiger partial charge in [-0.3, -0.25) is 14.5 Å². The minimum atomic E-state index is -1.06. The topological polar surface area (TPSA) is 87.7 Å². The SMILES string of the molecule is COc1ccccc1CNC(=O)CN1C(=O)N[C@]2(CCCc3ccccc32)C1=O. The molecule has 1 atom stereocenters. The van der Waals surface area contributed by atoms with E-state index in [4.69, 9.17) is 4.74 Å². The Kier molecular flexibility index (Phi) is 4.96. The number of para-hydroxylation sites is 1. The van der Waals surface area contributed by atoms with E-state index in [1.165, 1.54) is 0 Å². The highest BCUT2D eigenvalue weighted by Crippen LogP contribution is 2.39. The third-order valence-corrected chi connectivity index (χ3v) is 5.62. The maximum absolute atomic E-state index is 13.2. The van der Waals surface area contributed by atoms with Gasteiger partial charge in [0.25, 0.3) is 5.91 Å². The van der Waals surface area contributed by atoms with E-state index in [1.807, 2.05) is 48.5 Å². The number of benzene rings is 2. The number of carbonyl (C=O) groups is 3. The first kappa shape index (κ1) is 19.0. The summed E-state index contributed by atoms with van der Waals surface area (Å²) in [5.74, 6) is -0.0943. The summed E-state index contributed by atoms with van der Waals surface area (Å²) in [6.45, 7) is -0.0653. The summed E-state index contributed by atoms with van der Waals surface area (Å²) in [7, 11) is 1.56. The number of aryl methyl sites for hydroxylation is 1. The van der Waals surface area contributed by atoms with E-state index < -0.39 is 17.5 Å². The van der Waals surface area contributed by atoms with Gasteiger partial charge in [-0.1, -0.05) is 42.5 Å². The second kappa shape index (κ2) is 7.58. The fraction of sp³-hybridized carbons (Fsp3) is 0.318. The monoisotopic (exact) mass is 393 g/mol. The van der Waals surface area contributed by atoms with Crippen molar-refractivity contribution in [1.29, 1.82) is 0 Å². The van der Waals surface area contributed by atoms with E-state index in [2.05, 4.69) is 10.6 Å². The van der Waals surface area contributed by atoms with Gasteiger partial charge in [0, 0.05) is 12.1 Å². The van der Waals surface area contributed by atoms with Crippen LogP contribution in [0.1, 0.15) is 29.5 Å². The number of fused-ring (bicyclic) bond motifs is 2. The molecule has 0 radical (unpaired) electrons. The number of hydrogen-bond donors (Lipinski definition) is 2. The van der Waals surface area contributed by atoms with E-state index in [0.29, 0.717) is 12.2 Å².